The maximum Gasteiger partial charge on any atom is 0.283 e. The lowest BCUT2D eigenvalue weighted by atomic mass is 10.3. The summed E-state index contributed by atoms with van der Waals surface area (Å²) in [4.78, 5) is 0. The smallest absolute Gasteiger partial charge is 0.283 e. The zero-order valence-electron chi connectivity index (χ0n) is 12.0. The van der Waals surface area contributed by atoms with E-state index >= 15 is 0 Å². The number of nitrogens with zero attached hydrogens (tertiary/aromatic N) is 2. The molecule has 1 N–H and O–H groups in total. The lowest BCUT2D eigenvalue weighted by Crippen LogP contribution is -2.32. The van der Waals surface area contributed by atoms with Gasteiger partial charge in [0.25, 0.3) is 15.9 Å². The maximum atomic E-state index is 12.3. The SMILES string of the molecule is O=S(=O)(NC1CCCC1)c1ccc(-c2nnc(C3CC3)o2)o1. The van der Waals surface area contributed by atoms with Crippen LogP contribution in [-0.4, -0.2) is 24.7 Å². The van der Waals surface area contributed by atoms with Gasteiger partial charge in [-0.15, -0.1) is 10.2 Å². The molecule has 0 amide bonds. The Hall–Kier alpha value is -1.67. The molecule has 0 bridgehead atoms. The van der Waals surface area contributed by atoms with E-state index in [1.54, 1.807) is 6.07 Å². The summed E-state index contributed by atoms with van der Waals surface area (Å²) in [6.07, 6.45) is 5.99. The highest BCUT2D eigenvalue weighted by molar-refractivity contribution is 7.89. The second kappa shape index (κ2) is 5.20. The summed E-state index contributed by atoms with van der Waals surface area (Å²) in [5.74, 6) is 1.46. The minimum absolute atomic E-state index is 0.00317. The van der Waals surface area contributed by atoms with Crippen LogP contribution in [-0.2, 0) is 10.0 Å². The van der Waals surface area contributed by atoms with E-state index in [1.165, 1.54) is 6.07 Å². The monoisotopic (exact) mass is 323 g/mol. The molecule has 2 heterocycles. The van der Waals surface area contributed by atoms with Gasteiger partial charge in [0.15, 0.2) is 5.76 Å². The Kier molecular flexibility index (Phi) is 3.30. The molecule has 7 nitrogen and oxygen atoms in total. The van der Waals surface area contributed by atoms with E-state index in [1.807, 2.05) is 0 Å². The van der Waals surface area contributed by atoms with Gasteiger partial charge in [-0.3, -0.25) is 0 Å². The van der Waals surface area contributed by atoms with Gasteiger partial charge in [0.1, 0.15) is 0 Å². The summed E-state index contributed by atoms with van der Waals surface area (Å²) >= 11 is 0. The predicted octanol–water partition coefficient (Wildman–Crippen LogP) is 2.43. The van der Waals surface area contributed by atoms with E-state index in [0.717, 1.165) is 38.5 Å². The summed E-state index contributed by atoms with van der Waals surface area (Å²) in [5, 5.41) is 7.78. The van der Waals surface area contributed by atoms with Gasteiger partial charge in [-0.2, -0.15) is 0 Å². The highest BCUT2D eigenvalue weighted by Crippen LogP contribution is 2.40. The first-order valence-electron chi connectivity index (χ1n) is 7.58. The largest absolute Gasteiger partial charge is 0.438 e. The molecule has 0 atom stereocenters. The lowest BCUT2D eigenvalue weighted by Gasteiger charge is -2.10. The van der Waals surface area contributed by atoms with Gasteiger partial charge >= 0.3 is 0 Å². The second-order valence-electron chi connectivity index (χ2n) is 5.94. The van der Waals surface area contributed by atoms with Crippen molar-refractivity contribution >= 4 is 10.0 Å². The predicted molar refractivity (Wildman–Crippen MR) is 76.6 cm³/mol. The minimum atomic E-state index is -3.63. The summed E-state index contributed by atoms with van der Waals surface area (Å²) < 4.78 is 38.2. The van der Waals surface area contributed by atoms with Crippen LogP contribution in [0, 0.1) is 0 Å². The Balaban J connectivity index is 1.54. The lowest BCUT2D eigenvalue weighted by molar-refractivity contribution is 0.428. The molecule has 2 saturated carbocycles. The molecular formula is C14H17N3O4S. The highest BCUT2D eigenvalue weighted by Gasteiger charge is 2.31. The molecule has 0 aliphatic heterocycles. The summed E-state index contributed by atoms with van der Waals surface area (Å²) in [7, 11) is -3.63. The summed E-state index contributed by atoms with van der Waals surface area (Å²) in [6, 6.07) is 2.98. The number of hydrogen-bond donors (Lipinski definition) is 1. The Morgan fingerprint density at radius 1 is 1.05 bits per heavy atom. The van der Waals surface area contributed by atoms with Crippen LogP contribution in [0.3, 0.4) is 0 Å². The topological polar surface area (TPSA) is 98.2 Å². The Morgan fingerprint density at radius 3 is 2.55 bits per heavy atom. The fourth-order valence-corrected chi connectivity index (χ4v) is 3.97. The molecular weight excluding hydrogens is 306 g/mol. The first-order chi connectivity index (χ1) is 10.6. The molecule has 2 fully saturated rings. The van der Waals surface area contributed by atoms with Crippen LogP contribution in [0.5, 0.6) is 0 Å². The molecule has 118 valence electrons. The Bertz CT molecular complexity index is 770. The van der Waals surface area contributed by atoms with Crippen molar-refractivity contribution in [3.05, 3.63) is 18.0 Å². The summed E-state index contributed by atoms with van der Waals surface area (Å²) in [5.41, 5.74) is 0. The quantitative estimate of drug-likeness (QED) is 0.907. The fraction of sp³-hybridized carbons (Fsp3) is 0.571. The third-order valence-electron chi connectivity index (χ3n) is 4.10. The second-order valence-corrected chi connectivity index (χ2v) is 7.59. The standard InChI is InChI=1S/C14H17N3O4S/c18-22(19,17-10-3-1-2-4-10)12-8-7-11(20-12)14-16-15-13(21-14)9-5-6-9/h7-10,17H,1-6H2. The van der Waals surface area contributed by atoms with E-state index in [9.17, 15) is 8.42 Å². The molecule has 2 aromatic heterocycles. The molecule has 2 aliphatic carbocycles. The zero-order chi connectivity index (χ0) is 15.2. The number of rotatable bonds is 5. The Morgan fingerprint density at radius 2 is 1.82 bits per heavy atom. The molecule has 0 unspecified atom stereocenters. The normalized spacial score (nSPS) is 19.8. The first kappa shape index (κ1) is 14.0. The van der Waals surface area contributed by atoms with E-state index in [0.29, 0.717) is 11.8 Å². The molecule has 22 heavy (non-hydrogen) atoms. The van der Waals surface area contributed by atoms with Gasteiger partial charge in [0.2, 0.25) is 11.0 Å². The molecule has 0 spiro atoms. The van der Waals surface area contributed by atoms with Gasteiger partial charge in [0.05, 0.1) is 0 Å². The van der Waals surface area contributed by atoms with E-state index in [-0.39, 0.29) is 22.8 Å². The van der Waals surface area contributed by atoms with Crippen LogP contribution in [0.2, 0.25) is 0 Å². The zero-order valence-corrected chi connectivity index (χ0v) is 12.8. The number of sulfonamides is 1. The van der Waals surface area contributed by atoms with Gasteiger partial charge in [-0.05, 0) is 37.8 Å². The third-order valence-corrected chi connectivity index (χ3v) is 5.49. The van der Waals surface area contributed by atoms with Crippen LogP contribution in [0.25, 0.3) is 11.7 Å². The van der Waals surface area contributed by atoms with Gasteiger partial charge in [-0.25, -0.2) is 13.1 Å². The Labute approximate surface area is 128 Å². The number of aromatic nitrogens is 2. The fourth-order valence-electron chi connectivity index (χ4n) is 2.73. The van der Waals surface area contributed by atoms with Crippen molar-refractivity contribution in [1.82, 2.24) is 14.9 Å². The van der Waals surface area contributed by atoms with E-state index in [4.69, 9.17) is 8.83 Å². The molecule has 4 rings (SSSR count). The molecule has 2 aromatic rings. The van der Waals surface area contributed by atoms with Crippen molar-refractivity contribution in [2.45, 2.75) is 55.6 Å². The molecule has 0 saturated heterocycles. The van der Waals surface area contributed by atoms with Crippen LogP contribution < -0.4 is 4.72 Å². The van der Waals surface area contributed by atoms with Crippen molar-refractivity contribution in [1.29, 1.82) is 0 Å². The van der Waals surface area contributed by atoms with Gasteiger partial charge in [0, 0.05) is 12.0 Å². The molecule has 8 heteroatoms. The van der Waals surface area contributed by atoms with Crippen molar-refractivity contribution in [3.63, 3.8) is 0 Å². The van der Waals surface area contributed by atoms with Crippen molar-refractivity contribution in [2.75, 3.05) is 0 Å². The van der Waals surface area contributed by atoms with Gasteiger partial charge in [-0.1, -0.05) is 12.8 Å². The van der Waals surface area contributed by atoms with Crippen LogP contribution >= 0.6 is 0 Å². The van der Waals surface area contributed by atoms with Crippen molar-refractivity contribution in [2.24, 2.45) is 0 Å². The van der Waals surface area contributed by atoms with Crippen LogP contribution in [0.15, 0.2) is 26.1 Å². The number of hydrogen-bond acceptors (Lipinski definition) is 6. The molecule has 2 aliphatic rings. The maximum absolute atomic E-state index is 12.3. The highest BCUT2D eigenvalue weighted by atomic mass is 32.2. The van der Waals surface area contributed by atoms with Gasteiger partial charge < -0.3 is 8.83 Å². The van der Waals surface area contributed by atoms with Crippen LogP contribution in [0.4, 0.5) is 0 Å². The van der Waals surface area contributed by atoms with Crippen molar-refractivity contribution in [3.8, 4) is 11.7 Å². The third kappa shape index (κ3) is 2.68. The van der Waals surface area contributed by atoms with E-state index < -0.39 is 10.0 Å². The molecule has 0 radical (unpaired) electrons. The average molecular weight is 323 g/mol. The average Bonchev–Trinajstić information content (AvgIpc) is 2.95. The van der Waals surface area contributed by atoms with Crippen molar-refractivity contribution < 1.29 is 17.3 Å². The van der Waals surface area contributed by atoms with E-state index in [2.05, 4.69) is 14.9 Å². The molecule has 0 aromatic carbocycles. The number of furan rings is 1. The number of nitrogens with one attached hydrogen (secondary N) is 1. The minimum Gasteiger partial charge on any atom is -0.438 e. The summed E-state index contributed by atoms with van der Waals surface area (Å²) in [6.45, 7) is 0. The van der Waals surface area contributed by atoms with Crippen LogP contribution in [0.1, 0.15) is 50.3 Å². The first-order valence-corrected chi connectivity index (χ1v) is 9.06.